The van der Waals surface area contributed by atoms with Crippen LogP contribution in [0.15, 0.2) is 30.5 Å². The average Bonchev–Trinajstić information content (AvgIpc) is 2.96. The van der Waals surface area contributed by atoms with Gasteiger partial charge in [0.05, 0.1) is 19.9 Å². The van der Waals surface area contributed by atoms with Crippen LogP contribution in [0.25, 0.3) is 11.3 Å². The molecule has 0 saturated carbocycles. The molecular formula is C14H17N3O3. The van der Waals surface area contributed by atoms with E-state index in [9.17, 15) is 4.79 Å². The molecule has 2 rings (SSSR count). The van der Waals surface area contributed by atoms with Crippen molar-refractivity contribution in [2.45, 2.75) is 19.9 Å². The quantitative estimate of drug-likeness (QED) is 0.781. The predicted molar refractivity (Wildman–Crippen MR) is 73.4 cm³/mol. The number of nitrogens with zero attached hydrogens (tertiary/aromatic N) is 3. The van der Waals surface area contributed by atoms with Gasteiger partial charge in [-0.05, 0) is 26.0 Å². The van der Waals surface area contributed by atoms with Crippen LogP contribution in [-0.4, -0.2) is 34.7 Å². The smallest absolute Gasteiger partial charge is 0.330 e. The molecule has 0 bridgehead atoms. The summed E-state index contributed by atoms with van der Waals surface area (Å²) in [5, 5.41) is 8.07. The molecule has 6 nitrogen and oxygen atoms in total. The van der Waals surface area contributed by atoms with Crippen molar-refractivity contribution in [2.24, 2.45) is 0 Å². The molecule has 0 fully saturated rings. The molecule has 20 heavy (non-hydrogen) atoms. The maximum atomic E-state index is 11.7. The molecule has 0 aliphatic rings. The molecule has 0 amide bonds. The van der Waals surface area contributed by atoms with E-state index in [0.717, 1.165) is 5.56 Å². The van der Waals surface area contributed by atoms with Gasteiger partial charge in [0.2, 0.25) is 0 Å². The highest BCUT2D eigenvalue weighted by atomic mass is 16.5. The fourth-order valence-electron chi connectivity index (χ4n) is 1.82. The average molecular weight is 275 g/mol. The molecule has 1 aromatic carbocycles. The summed E-state index contributed by atoms with van der Waals surface area (Å²) in [4.78, 5) is 11.7. The number of para-hydroxylation sites is 1. The van der Waals surface area contributed by atoms with Crippen LogP contribution in [0.2, 0.25) is 0 Å². The van der Waals surface area contributed by atoms with Gasteiger partial charge < -0.3 is 9.47 Å². The summed E-state index contributed by atoms with van der Waals surface area (Å²) >= 11 is 0. The molecule has 6 heteroatoms. The van der Waals surface area contributed by atoms with E-state index in [2.05, 4.69) is 10.3 Å². The van der Waals surface area contributed by atoms with Gasteiger partial charge in [0, 0.05) is 5.56 Å². The Bertz CT molecular complexity index is 595. The van der Waals surface area contributed by atoms with Gasteiger partial charge in [-0.2, -0.15) is 0 Å². The minimum Gasteiger partial charge on any atom is -0.496 e. The zero-order valence-electron chi connectivity index (χ0n) is 11.7. The van der Waals surface area contributed by atoms with E-state index in [1.54, 1.807) is 27.2 Å². The van der Waals surface area contributed by atoms with Gasteiger partial charge in [0.25, 0.3) is 0 Å². The van der Waals surface area contributed by atoms with Crippen LogP contribution in [0.1, 0.15) is 19.9 Å². The number of hydrogen-bond acceptors (Lipinski definition) is 5. The first-order valence-corrected chi connectivity index (χ1v) is 6.39. The van der Waals surface area contributed by atoms with Crippen LogP contribution in [0.5, 0.6) is 5.75 Å². The normalized spacial score (nSPS) is 11.9. The standard InChI is InChI=1S/C14H17N3O3/c1-4-20-14(18)10(2)17-9-12(15-16-17)11-7-5-6-8-13(11)19-3/h5-10H,4H2,1-3H3. The van der Waals surface area contributed by atoms with Crippen molar-refractivity contribution in [2.75, 3.05) is 13.7 Å². The molecule has 0 radical (unpaired) electrons. The van der Waals surface area contributed by atoms with Crippen molar-refractivity contribution in [3.63, 3.8) is 0 Å². The second kappa shape index (κ2) is 6.18. The number of aromatic nitrogens is 3. The summed E-state index contributed by atoms with van der Waals surface area (Å²) in [6.07, 6.45) is 1.71. The largest absolute Gasteiger partial charge is 0.496 e. The Kier molecular flexibility index (Phi) is 4.34. The van der Waals surface area contributed by atoms with Crippen LogP contribution in [0.4, 0.5) is 0 Å². The van der Waals surface area contributed by atoms with Crippen LogP contribution < -0.4 is 4.74 Å². The summed E-state index contributed by atoms with van der Waals surface area (Å²) in [6.45, 7) is 3.84. The number of benzene rings is 1. The first-order chi connectivity index (χ1) is 9.67. The lowest BCUT2D eigenvalue weighted by Gasteiger charge is -2.09. The fraction of sp³-hybridized carbons (Fsp3) is 0.357. The third-order valence-corrected chi connectivity index (χ3v) is 2.92. The third-order valence-electron chi connectivity index (χ3n) is 2.92. The summed E-state index contributed by atoms with van der Waals surface area (Å²) in [5.41, 5.74) is 1.48. The molecular weight excluding hydrogens is 258 g/mol. The topological polar surface area (TPSA) is 66.2 Å². The molecule has 2 aromatic rings. The van der Waals surface area contributed by atoms with E-state index in [1.165, 1.54) is 4.68 Å². The fourth-order valence-corrected chi connectivity index (χ4v) is 1.82. The number of hydrogen-bond donors (Lipinski definition) is 0. The molecule has 1 atom stereocenters. The van der Waals surface area contributed by atoms with E-state index in [0.29, 0.717) is 18.1 Å². The summed E-state index contributed by atoms with van der Waals surface area (Å²) in [7, 11) is 1.60. The Morgan fingerprint density at radius 2 is 2.15 bits per heavy atom. The summed E-state index contributed by atoms with van der Waals surface area (Å²) < 4.78 is 11.7. The van der Waals surface area contributed by atoms with Crippen molar-refractivity contribution in [1.29, 1.82) is 0 Å². The van der Waals surface area contributed by atoms with E-state index in [-0.39, 0.29) is 5.97 Å². The van der Waals surface area contributed by atoms with Crippen LogP contribution in [0, 0.1) is 0 Å². The van der Waals surface area contributed by atoms with Crippen LogP contribution >= 0.6 is 0 Å². The first-order valence-electron chi connectivity index (χ1n) is 6.39. The Morgan fingerprint density at radius 1 is 1.40 bits per heavy atom. The highest BCUT2D eigenvalue weighted by Crippen LogP contribution is 2.28. The van der Waals surface area contributed by atoms with E-state index in [1.807, 2.05) is 24.3 Å². The number of carbonyl (C=O) groups excluding carboxylic acids is 1. The molecule has 0 N–H and O–H groups in total. The second-order valence-corrected chi connectivity index (χ2v) is 4.21. The van der Waals surface area contributed by atoms with Crippen molar-refractivity contribution < 1.29 is 14.3 Å². The lowest BCUT2D eigenvalue weighted by molar-refractivity contribution is -0.146. The van der Waals surface area contributed by atoms with Gasteiger partial charge in [0.1, 0.15) is 17.5 Å². The zero-order chi connectivity index (χ0) is 14.5. The lowest BCUT2D eigenvalue weighted by atomic mass is 10.1. The van der Waals surface area contributed by atoms with E-state index < -0.39 is 6.04 Å². The highest BCUT2D eigenvalue weighted by Gasteiger charge is 2.19. The minimum atomic E-state index is -0.508. The van der Waals surface area contributed by atoms with E-state index in [4.69, 9.17) is 9.47 Å². The molecule has 0 spiro atoms. The maximum Gasteiger partial charge on any atom is 0.330 e. The van der Waals surface area contributed by atoms with Gasteiger partial charge in [-0.15, -0.1) is 5.10 Å². The number of carbonyl (C=O) groups is 1. The molecule has 0 aliphatic carbocycles. The SMILES string of the molecule is CCOC(=O)C(C)n1cc(-c2ccccc2OC)nn1. The van der Waals surface area contributed by atoms with Gasteiger partial charge in [-0.3, -0.25) is 0 Å². The Hall–Kier alpha value is -2.37. The summed E-state index contributed by atoms with van der Waals surface area (Å²) in [6, 6.07) is 7.01. The zero-order valence-corrected chi connectivity index (χ0v) is 11.7. The first kappa shape index (κ1) is 14.0. The minimum absolute atomic E-state index is 0.330. The van der Waals surface area contributed by atoms with Crippen molar-refractivity contribution >= 4 is 5.97 Å². The maximum absolute atomic E-state index is 11.7. The Balaban J connectivity index is 2.27. The van der Waals surface area contributed by atoms with Gasteiger partial charge in [-0.1, -0.05) is 17.3 Å². The van der Waals surface area contributed by atoms with E-state index >= 15 is 0 Å². The predicted octanol–water partition coefficient (Wildman–Crippen LogP) is 2.08. The molecule has 1 unspecified atom stereocenters. The van der Waals surface area contributed by atoms with Gasteiger partial charge >= 0.3 is 5.97 Å². The number of methoxy groups -OCH3 is 1. The Labute approximate surface area is 117 Å². The van der Waals surface area contributed by atoms with Gasteiger partial charge in [-0.25, -0.2) is 9.48 Å². The number of esters is 1. The van der Waals surface area contributed by atoms with Gasteiger partial charge in [0.15, 0.2) is 0 Å². The number of rotatable bonds is 5. The molecule has 0 saturated heterocycles. The van der Waals surface area contributed by atoms with Crippen LogP contribution in [0.3, 0.4) is 0 Å². The second-order valence-electron chi connectivity index (χ2n) is 4.21. The number of ether oxygens (including phenoxy) is 2. The third kappa shape index (κ3) is 2.79. The summed E-state index contributed by atoms with van der Waals surface area (Å²) in [5.74, 6) is 0.382. The lowest BCUT2D eigenvalue weighted by Crippen LogP contribution is -2.19. The highest BCUT2D eigenvalue weighted by molar-refractivity contribution is 5.74. The molecule has 0 aliphatic heterocycles. The van der Waals surface area contributed by atoms with Crippen LogP contribution in [-0.2, 0) is 9.53 Å². The van der Waals surface area contributed by atoms with Crippen molar-refractivity contribution in [3.05, 3.63) is 30.5 Å². The van der Waals surface area contributed by atoms with Crippen molar-refractivity contribution in [3.8, 4) is 17.0 Å². The molecule has 1 aromatic heterocycles. The molecule has 106 valence electrons. The monoisotopic (exact) mass is 275 g/mol. The molecule has 1 heterocycles. The van der Waals surface area contributed by atoms with Crippen molar-refractivity contribution in [1.82, 2.24) is 15.0 Å². The Morgan fingerprint density at radius 3 is 2.85 bits per heavy atom.